The van der Waals surface area contributed by atoms with Gasteiger partial charge in [0.2, 0.25) is 11.5 Å². The Morgan fingerprint density at radius 1 is 1.00 bits per heavy atom. The van der Waals surface area contributed by atoms with Gasteiger partial charge in [0, 0.05) is 29.2 Å². The first kappa shape index (κ1) is 22.8. The van der Waals surface area contributed by atoms with Crippen molar-refractivity contribution in [2.45, 2.75) is 6.54 Å². The number of hydrogen-bond acceptors (Lipinski definition) is 9. The zero-order valence-corrected chi connectivity index (χ0v) is 19.4. The normalized spacial score (nSPS) is 10.9. The van der Waals surface area contributed by atoms with E-state index in [0.29, 0.717) is 50.9 Å². The van der Waals surface area contributed by atoms with Crippen molar-refractivity contribution in [2.24, 2.45) is 12.2 Å². The molecular formula is C23H23N5O6. The summed E-state index contributed by atoms with van der Waals surface area (Å²) in [6, 6.07) is 8.48. The molecule has 2 aromatic heterocycles. The van der Waals surface area contributed by atoms with E-state index >= 15 is 0 Å². The van der Waals surface area contributed by atoms with Crippen LogP contribution in [0.25, 0.3) is 10.9 Å². The molecule has 4 rings (SSSR count). The van der Waals surface area contributed by atoms with E-state index in [1.165, 1.54) is 27.5 Å². The van der Waals surface area contributed by atoms with Crippen molar-refractivity contribution in [3.63, 3.8) is 0 Å². The minimum Gasteiger partial charge on any atom is -0.497 e. The average Bonchev–Trinajstić information content (AvgIpc) is 3.41. The van der Waals surface area contributed by atoms with Gasteiger partial charge in [-0.2, -0.15) is 5.10 Å². The Morgan fingerprint density at radius 2 is 1.71 bits per heavy atom. The number of aromatic nitrogens is 4. The number of ether oxygens (including phenoxy) is 4. The number of carbonyl (C=O) groups excluding carboxylic acids is 1. The molecule has 34 heavy (non-hydrogen) atoms. The van der Waals surface area contributed by atoms with Gasteiger partial charge in [-0.05, 0) is 24.3 Å². The molecule has 0 fully saturated rings. The molecule has 0 radical (unpaired) electrons. The first-order valence-electron chi connectivity index (χ1n) is 10.2. The van der Waals surface area contributed by atoms with E-state index in [1.807, 2.05) is 0 Å². The van der Waals surface area contributed by atoms with E-state index in [2.05, 4.69) is 15.3 Å². The number of carbonyl (C=O) groups is 1. The van der Waals surface area contributed by atoms with Crippen molar-refractivity contribution in [2.75, 3.05) is 28.4 Å². The summed E-state index contributed by atoms with van der Waals surface area (Å²) in [5.74, 6) is 1.44. The monoisotopic (exact) mass is 465 g/mol. The molecule has 4 aromatic rings. The molecule has 0 N–H and O–H groups in total. The molecule has 0 saturated heterocycles. The lowest BCUT2D eigenvalue weighted by Crippen LogP contribution is -2.14. The Bertz CT molecular complexity index is 1370. The number of hydrogen-bond donors (Lipinski definition) is 0. The molecule has 0 atom stereocenters. The van der Waals surface area contributed by atoms with Crippen LogP contribution in [0.5, 0.6) is 23.0 Å². The number of rotatable bonds is 9. The third-order valence-electron chi connectivity index (χ3n) is 5.54. The highest BCUT2D eigenvalue weighted by Crippen LogP contribution is 2.39. The van der Waals surface area contributed by atoms with Gasteiger partial charge < -0.3 is 23.5 Å². The van der Waals surface area contributed by atoms with Crippen LogP contribution in [0.4, 0.5) is 5.95 Å². The second-order valence-electron chi connectivity index (χ2n) is 7.33. The topological polar surface area (TPSA) is 119 Å². The molecule has 2 aromatic carbocycles. The fourth-order valence-corrected chi connectivity index (χ4v) is 3.76. The number of ketones is 1. The van der Waals surface area contributed by atoms with Crippen LogP contribution < -0.4 is 18.9 Å². The van der Waals surface area contributed by atoms with E-state index in [9.17, 15) is 9.70 Å². The molecule has 0 aliphatic carbocycles. The molecule has 11 heteroatoms. The largest absolute Gasteiger partial charge is 0.497 e. The Hall–Kier alpha value is -4.41. The van der Waals surface area contributed by atoms with Gasteiger partial charge in [0.1, 0.15) is 11.4 Å². The fourth-order valence-electron chi connectivity index (χ4n) is 3.76. The van der Waals surface area contributed by atoms with Crippen molar-refractivity contribution in [1.29, 1.82) is 0 Å². The first-order valence-corrected chi connectivity index (χ1v) is 10.2. The van der Waals surface area contributed by atoms with Gasteiger partial charge >= 0.3 is 0 Å². The van der Waals surface area contributed by atoms with Crippen molar-refractivity contribution in [3.8, 4) is 23.0 Å². The molecule has 0 spiro atoms. The van der Waals surface area contributed by atoms with Crippen LogP contribution >= 0.6 is 0 Å². The van der Waals surface area contributed by atoms with Gasteiger partial charge in [-0.25, -0.2) is 4.98 Å². The summed E-state index contributed by atoms with van der Waals surface area (Å²) >= 11 is 0. The zero-order chi connectivity index (χ0) is 24.4. The lowest BCUT2D eigenvalue weighted by Gasteiger charge is -2.14. The minimum absolute atomic E-state index is 0.0332. The third-order valence-corrected chi connectivity index (χ3v) is 5.54. The highest BCUT2D eigenvalue weighted by molar-refractivity contribution is 6.15. The predicted octanol–water partition coefficient (Wildman–Crippen LogP) is 3.48. The number of nitrogens with zero attached hydrogens (tertiary/aromatic N) is 5. The van der Waals surface area contributed by atoms with Crippen LogP contribution in [0.2, 0.25) is 0 Å². The maximum Gasteiger partial charge on any atom is 0.271 e. The van der Waals surface area contributed by atoms with Crippen LogP contribution in [-0.2, 0) is 13.6 Å². The van der Waals surface area contributed by atoms with E-state index in [-0.39, 0.29) is 18.3 Å². The molecule has 0 saturated carbocycles. The lowest BCUT2D eigenvalue weighted by molar-refractivity contribution is 0.103. The predicted molar refractivity (Wildman–Crippen MR) is 124 cm³/mol. The van der Waals surface area contributed by atoms with Gasteiger partial charge in [0.05, 0.1) is 52.4 Å². The van der Waals surface area contributed by atoms with Crippen LogP contribution in [-0.4, -0.2) is 53.6 Å². The number of benzene rings is 2. The van der Waals surface area contributed by atoms with E-state index in [0.717, 1.165) is 0 Å². The maximum atomic E-state index is 13.8. The molecule has 11 nitrogen and oxygen atoms in total. The number of fused-ring (bicyclic) bond motifs is 1. The highest BCUT2D eigenvalue weighted by atomic mass is 16.5. The minimum atomic E-state index is -0.303. The maximum absolute atomic E-state index is 13.8. The summed E-state index contributed by atoms with van der Waals surface area (Å²) in [6.45, 7) is 0.182. The van der Waals surface area contributed by atoms with E-state index < -0.39 is 0 Å². The van der Waals surface area contributed by atoms with Crippen LogP contribution in [0.15, 0.2) is 41.7 Å². The van der Waals surface area contributed by atoms with Crippen molar-refractivity contribution in [1.82, 2.24) is 19.3 Å². The van der Waals surface area contributed by atoms with Gasteiger partial charge in [-0.3, -0.25) is 9.48 Å². The Kier molecular flexibility index (Phi) is 6.17. The summed E-state index contributed by atoms with van der Waals surface area (Å²) < 4.78 is 24.6. The van der Waals surface area contributed by atoms with E-state index in [1.54, 1.807) is 53.7 Å². The second-order valence-corrected chi connectivity index (χ2v) is 7.33. The first-order chi connectivity index (χ1) is 16.4. The molecule has 0 amide bonds. The lowest BCUT2D eigenvalue weighted by atomic mass is 10.0. The standard InChI is InChI=1S/C23H23N5O6/c1-27-14(11-24-23(27)26-30)12-28-20(16-7-6-15(31-2)10-17(16)25-28)21(29)13-8-18(32-3)22(34-5)19(9-13)33-4/h6-11H,12H2,1-5H3. The molecule has 0 bridgehead atoms. The molecular weight excluding hydrogens is 442 g/mol. The third kappa shape index (κ3) is 3.81. The van der Waals surface area contributed by atoms with E-state index in [4.69, 9.17) is 18.9 Å². The Labute approximate surface area is 194 Å². The van der Waals surface area contributed by atoms with Gasteiger partial charge in [0.25, 0.3) is 5.95 Å². The smallest absolute Gasteiger partial charge is 0.271 e. The van der Waals surface area contributed by atoms with Crippen molar-refractivity contribution < 1.29 is 23.7 Å². The SMILES string of the molecule is COc1ccc2c(C(=O)c3cc(OC)c(OC)c(OC)c3)n(Cc3cnc(N=O)n3C)nc2c1. The summed E-state index contributed by atoms with van der Waals surface area (Å²) in [5.41, 5.74) is 1.89. The Morgan fingerprint density at radius 3 is 2.26 bits per heavy atom. The number of nitroso groups, excluding NO2 is 1. The summed E-state index contributed by atoms with van der Waals surface area (Å²) in [6.07, 6.45) is 1.53. The fraction of sp³-hybridized carbons (Fsp3) is 0.261. The molecule has 0 unspecified atom stereocenters. The van der Waals surface area contributed by atoms with Crippen molar-refractivity contribution >= 4 is 22.6 Å². The van der Waals surface area contributed by atoms with Crippen LogP contribution in [0, 0.1) is 4.91 Å². The number of imidazole rings is 1. The van der Waals surface area contributed by atoms with Gasteiger partial charge in [-0.15, -0.1) is 4.91 Å². The molecule has 176 valence electrons. The highest BCUT2D eigenvalue weighted by Gasteiger charge is 2.24. The molecule has 0 aliphatic rings. The summed E-state index contributed by atoms with van der Waals surface area (Å²) in [5, 5.41) is 8.18. The Balaban J connectivity index is 1.89. The second kappa shape index (κ2) is 9.22. The van der Waals surface area contributed by atoms with Gasteiger partial charge in [-0.1, -0.05) is 0 Å². The average molecular weight is 465 g/mol. The summed E-state index contributed by atoms with van der Waals surface area (Å²) in [7, 11) is 7.70. The van der Waals surface area contributed by atoms with Crippen LogP contribution in [0.3, 0.4) is 0 Å². The van der Waals surface area contributed by atoms with Crippen LogP contribution in [0.1, 0.15) is 21.7 Å². The van der Waals surface area contributed by atoms with Gasteiger partial charge in [0.15, 0.2) is 11.5 Å². The zero-order valence-electron chi connectivity index (χ0n) is 19.4. The van der Waals surface area contributed by atoms with Crippen molar-refractivity contribution in [3.05, 3.63) is 58.4 Å². The quantitative estimate of drug-likeness (QED) is 0.272. The summed E-state index contributed by atoms with van der Waals surface area (Å²) in [4.78, 5) is 28.8. The number of methoxy groups -OCH3 is 4. The molecule has 2 heterocycles. The molecule has 0 aliphatic heterocycles.